The molecule has 0 radical (unpaired) electrons. The molecule has 0 spiro atoms. The van der Waals surface area contributed by atoms with Gasteiger partial charge in [-0.1, -0.05) is 48.0 Å². The van der Waals surface area contributed by atoms with Crippen LogP contribution in [0.5, 0.6) is 0 Å². The lowest BCUT2D eigenvalue weighted by Crippen LogP contribution is -2.23. The highest BCUT2D eigenvalue weighted by Gasteiger charge is 2.35. The molecule has 11 heteroatoms. The van der Waals surface area contributed by atoms with E-state index in [1.54, 1.807) is 18.2 Å². The Morgan fingerprint density at radius 3 is 2.39 bits per heavy atom. The maximum absolute atomic E-state index is 14.6. The number of ether oxygens (including phenoxy) is 1. The molecule has 0 bridgehead atoms. The maximum Gasteiger partial charge on any atom is 0.338 e. The van der Waals surface area contributed by atoms with Gasteiger partial charge in [-0.25, -0.2) is 9.18 Å². The molecule has 0 aliphatic heterocycles. The lowest BCUT2D eigenvalue weighted by atomic mass is 9.84. The van der Waals surface area contributed by atoms with Gasteiger partial charge in [0.05, 0.1) is 28.1 Å². The highest BCUT2D eigenvalue weighted by molar-refractivity contribution is 7.86. The summed E-state index contributed by atoms with van der Waals surface area (Å²) in [5.41, 5.74) is 3.79. The molecular weight excluding hydrogens is 589 g/mol. The van der Waals surface area contributed by atoms with Crippen molar-refractivity contribution in [1.82, 2.24) is 0 Å². The molecule has 0 saturated heterocycles. The minimum Gasteiger partial charge on any atom is -0.453 e. The zero-order valence-electron chi connectivity index (χ0n) is 23.8. The van der Waals surface area contributed by atoms with Crippen LogP contribution in [-0.2, 0) is 25.5 Å². The van der Waals surface area contributed by atoms with Crippen molar-refractivity contribution >= 4 is 21.8 Å². The van der Waals surface area contributed by atoms with E-state index in [1.165, 1.54) is 48.5 Å². The van der Waals surface area contributed by atoms with Crippen molar-refractivity contribution in [3.8, 4) is 0 Å². The van der Waals surface area contributed by atoms with Crippen molar-refractivity contribution in [2.24, 2.45) is 0 Å². The third kappa shape index (κ3) is 7.02. The van der Waals surface area contributed by atoms with Crippen LogP contribution in [0.2, 0.25) is 0 Å². The number of aliphatic hydroxyl groups is 1. The molecule has 0 fully saturated rings. The number of nitro groups is 1. The fourth-order valence-electron chi connectivity index (χ4n) is 5.39. The summed E-state index contributed by atoms with van der Waals surface area (Å²) in [6.45, 7) is 1.35. The van der Waals surface area contributed by atoms with Crippen LogP contribution in [0.25, 0.3) is 0 Å². The number of fused-ring (bicyclic) bond motifs is 2. The van der Waals surface area contributed by atoms with Gasteiger partial charge in [0.2, 0.25) is 0 Å². The van der Waals surface area contributed by atoms with E-state index in [1.807, 2.05) is 31.2 Å². The number of non-ortho nitro benzene ring substituents is 1. The molecule has 4 aromatic rings. The molecule has 44 heavy (non-hydrogen) atoms. The first-order valence-electron chi connectivity index (χ1n) is 14.0. The van der Waals surface area contributed by atoms with Gasteiger partial charge < -0.3 is 9.84 Å². The van der Waals surface area contributed by atoms with Crippen molar-refractivity contribution in [2.45, 2.75) is 49.2 Å². The van der Waals surface area contributed by atoms with Crippen molar-refractivity contribution < 1.29 is 36.6 Å². The molecule has 0 aromatic heterocycles. The molecule has 1 aliphatic carbocycles. The number of benzene rings is 4. The molecule has 9 nitrogen and oxygen atoms in total. The van der Waals surface area contributed by atoms with E-state index in [0.717, 1.165) is 22.3 Å². The molecule has 0 amide bonds. The SMILES string of the molecule is Cc1ccc(S(=O)(=O)OC[C@@H](O)CC[C@@H]2c3ccccc3Cc3ccc(F)cc3[C@H]2OC(=O)c2ccc([N+](=O)[O-])cc2)cc1. The van der Waals surface area contributed by atoms with Crippen molar-refractivity contribution in [1.29, 1.82) is 0 Å². The first-order chi connectivity index (χ1) is 21.0. The zero-order chi connectivity index (χ0) is 31.4. The van der Waals surface area contributed by atoms with Crippen LogP contribution in [0.4, 0.5) is 10.1 Å². The number of carbonyl (C=O) groups excluding carboxylic acids is 1. The number of hydrogen-bond donors (Lipinski definition) is 1. The Morgan fingerprint density at radius 2 is 1.68 bits per heavy atom. The quantitative estimate of drug-likeness (QED) is 0.0964. The van der Waals surface area contributed by atoms with Gasteiger partial charge in [-0.2, -0.15) is 8.42 Å². The predicted octanol–water partition coefficient (Wildman–Crippen LogP) is 6.18. The number of halogens is 1. The van der Waals surface area contributed by atoms with Crippen LogP contribution in [0.1, 0.15) is 63.0 Å². The van der Waals surface area contributed by atoms with Crippen LogP contribution >= 0.6 is 0 Å². The molecule has 4 aromatic carbocycles. The number of aryl methyl sites for hydroxylation is 1. The maximum atomic E-state index is 14.6. The summed E-state index contributed by atoms with van der Waals surface area (Å²) < 4.78 is 51.1. The minimum absolute atomic E-state index is 0.0233. The Labute approximate surface area is 254 Å². The van der Waals surface area contributed by atoms with Gasteiger partial charge in [0, 0.05) is 18.1 Å². The number of carbonyl (C=O) groups is 1. The molecule has 1 aliphatic rings. The Hall–Kier alpha value is -4.45. The van der Waals surface area contributed by atoms with E-state index in [-0.39, 0.29) is 29.0 Å². The first kappa shape index (κ1) is 31.0. The van der Waals surface area contributed by atoms with Crippen molar-refractivity contribution in [3.05, 3.63) is 140 Å². The van der Waals surface area contributed by atoms with Crippen LogP contribution in [0.15, 0.2) is 95.9 Å². The second kappa shape index (κ2) is 13.0. The number of nitrogens with zero attached hydrogens (tertiary/aromatic N) is 1. The van der Waals surface area contributed by atoms with Crippen molar-refractivity contribution in [2.75, 3.05) is 6.61 Å². The second-order valence-corrected chi connectivity index (χ2v) is 12.4. The highest BCUT2D eigenvalue weighted by Crippen LogP contribution is 2.44. The van der Waals surface area contributed by atoms with Gasteiger partial charge in [0.1, 0.15) is 11.9 Å². The number of hydrogen-bond acceptors (Lipinski definition) is 8. The van der Waals surface area contributed by atoms with Gasteiger partial charge in [-0.05, 0) is 84.8 Å². The van der Waals surface area contributed by atoms with Crippen molar-refractivity contribution in [3.63, 3.8) is 0 Å². The van der Waals surface area contributed by atoms with Gasteiger partial charge in [-0.15, -0.1) is 0 Å². The molecule has 0 heterocycles. The van der Waals surface area contributed by atoms with Crippen LogP contribution in [0.3, 0.4) is 0 Å². The van der Waals surface area contributed by atoms with Gasteiger partial charge >= 0.3 is 5.97 Å². The van der Waals surface area contributed by atoms with Gasteiger partial charge in [0.25, 0.3) is 15.8 Å². The number of rotatable bonds is 10. The molecule has 0 unspecified atom stereocenters. The van der Waals surface area contributed by atoms with Gasteiger partial charge in [-0.3, -0.25) is 14.3 Å². The van der Waals surface area contributed by atoms with E-state index in [4.69, 9.17) is 8.92 Å². The monoisotopic (exact) mass is 619 g/mol. The molecular formula is C33H30FNO8S. The molecule has 228 valence electrons. The Kier molecular flexibility index (Phi) is 9.19. The minimum atomic E-state index is -4.09. The third-order valence-electron chi connectivity index (χ3n) is 7.70. The third-order valence-corrected chi connectivity index (χ3v) is 9.00. The zero-order valence-corrected chi connectivity index (χ0v) is 24.6. The Balaban J connectivity index is 1.41. The Bertz CT molecular complexity index is 1770. The summed E-state index contributed by atoms with van der Waals surface area (Å²) in [6, 6.07) is 23.0. The van der Waals surface area contributed by atoms with E-state index >= 15 is 0 Å². The summed E-state index contributed by atoms with van der Waals surface area (Å²) in [5.74, 6) is -1.81. The van der Waals surface area contributed by atoms with Crippen LogP contribution in [-0.4, -0.2) is 37.1 Å². The summed E-state index contributed by atoms with van der Waals surface area (Å²) in [6.07, 6.45) is -1.38. The number of nitro benzene ring substituents is 1. The first-order valence-corrected chi connectivity index (χ1v) is 15.4. The largest absolute Gasteiger partial charge is 0.453 e. The highest BCUT2D eigenvalue weighted by atomic mass is 32.2. The molecule has 1 N–H and O–H groups in total. The number of esters is 1. The van der Waals surface area contributed by atoms with Crippen LogP contribution in [0, 0.1) is 22.9 Å². The summed E-state index contributed by atoms with van der Waals surface area (Å²) in [5, 5.41) is 21.9. The topological polar surface area (TPSA) is 133 Å². The van der Waals surface area contributed by atoms with E-state index in [9.17, 15) is 32.8 Å². The standard InChI is InChI=1S/C33H30FNO8S/c1-21-6-15-28(16-7-21)44(40,41)42-20-27(36)14-17-30-29-5-3-2-4-23(29)18-24-8-11-25(34)19-31(24)32(30)43-33(37)22-9-12-26(13-10-22)35(38)39/h2-13,15-16,19,27,30,32,36H,14,17-18,20H2,1H3/t27-,30+,32-/m0/s1. The summed E-state index contributed by atoms with van der Waals surface area (Å²) >= 11 is 0. The molecule has 3 atom stereocenters. The average Bonchev–Trinajstić information content (AvgIpc) is 3.13. The fraction of sp³-hybridized carbons (Fsp3) is 0.242. The predicted molar refractivity (Wildman–Crippen MR) is 159 cm³/mol. The van der Waals surface area contributed by atoms with E-state index < -0.39 is 51.6 Å². The lowest BCUT2D eigenvalue weighted by molar-refractivity contribution is -0.384. The molecule has 0 saturated carbocycles. The summed E-state index contributed by atoms with van der Waals surface area (Å²) in [7, 11) is -4.09. The number of aliphatic hydroxyl groups excluding tert-OH is 1. The lowest BCUT2D eigenvalue weighted by Gasteiger charge is -2.29. The normalized spacial score (nSPS) is 16.7. The fourth-order valence-corrected chi connectivity index (χ4v) is 6.33. The van der Waals surface area contributed by atoms with Gasteiger partial charge in [0.15, 0.2) is 0 Å². The van der Waals surface area contributed by atoms with E-state index in [2.05, 4.69) is 0 Å². The Morgan fingerprint density at radius 1 is 1.00 bits per heavy atom. The average molecular weight is 620 g/mol. The van der Waals surface area contributed by atoms with E-state index in [0.29, 0.717) is 12.0 Å². The molecule has 5 rings (SSSR count). The summed E-state index contributed by atoms with van der Waals surface area (Å²) in [4.78, 5) is 23.8. The second-order valence-electron chi connectivity index (χ2n) is 10.7. The smallest absolute Gasteiger partial charge is 0.338 e. The van der Waals surface area contributed by atoms with Crippen LogP contribution < -0.4 is 0 Å².